The molecule has 1 saturated carbocycles. The number of hydrogen-bond donors (Lipinski definition) is 3. The van der Waals surface area contributed by atoms with E-state index in [1.807, 2.05) is 30.3 Å². The number of rotatable bonds is 6. The Morgan fingerprint density at radius 2 is 2.00 bits per heavy atom. The van der Waals surface area contributed by atoms with Crippen LogP contribution in [0.15, 0.2) is 48.7 Å². The molecule has 192 valence electrons. The smallest absolute Gasteiger partial charge is 0.255 e. The first-order chi connectivity index (χ1) is 17.9. The Kier molecular flexibility index (Phi) is 6.80. The van der Waals surface area contributed by atoms with Crippen molar-refractivity contribution in [1.29, 1.82) is 0 Å². The summed E-state index contributed by atoms with van der Waals surface area (Å²) in [6.07, 6.45) is 5.21. The van der Waals surface area contributed by atoms with Crippen molar-refractivity contribution in [2.45, 2.75) is 37.8 Å². The molecule has 0 spiro atoms. The molecule has 4 N–H and O–H groups in total. The molecule has 4 aromatic rings. The number of nitrogens with zero attached hydrogens (tertiary/aromatic N) is 3. The summed E-state index contributed by atoms with van der Waals surface area (Å²) in [7, 11) is 4.93. The minimum absolute atomic E-state index is 0.0187. The third-order valence-corrected chi connectivity index (χ3v) is 6.90. The SMILES string of the molecule is COc1ccccc1-c1n[nH]c2ncc(-c3cc(F)c(NC4CCCC(N)C4)c(C(=O)N(C)C)c3)cc12. The highest BCUT2D eigenvalue weighted by Crippen LogP contribution is 2.36. The number of hydrogen-bond acceptors (Lipinski definition) is 6. The van der Waals surface area contributed by atoms with E-state index in [1.54, 1.807) is 33.5 Å². The first-order valence-corrected chi connectivity index (χ1v) is 12.4. The quantitative estimate of drug-likeness (QED) is 0.349. The van der Waals surface area contributed by atoms with Gasteiger partial charge in [0.25, 0.3) is 5.91 Å². The van der Waals surface area contributed by atoms with Crippen LogP contribution in [-0.2, 0) is 0 Å². The number of aromatic amines is 1. The first kappa shape index (κ1) is 24.7. The van der Waals surface area contributed by atoms with Crippen molar-refractivity contribution >= 4 is 22.6 Å². The van der Waals surface area contributed by atoms with Crippen molar-refractivity contribution < 1.29 is 13.9 Å². The summed E-state index contributed by atoms with van der Waals surface area (Å²) < 4.78 is 21.2. The van der Waals surface area contributed by atoms with Gasteiger partial charge in [-0.05, 0) is 61.6 Å². The van der Waals surface area contributed by atoms with E-state index < -0.39 is 5.82 Å². The number of anilines is 1. The van der Waals surface area contributed by atoms with Gasteiger partial charge in [-0.3, -0.25) is 9.89 Å². The number of H-pyrrole nitrogens is 1. The Hall–Kier alpha value is -3.98. The Labute approximate surface area is 215 Å². The molecule has 2 aromatic heterocycles. The minimum Gasteiger partial charge on any atom is -0.496 e. The predicted molar refractivity (Wildman–Crippen MR) is 143 cm³/mol. The van der Waals surface area contributed by atoms with Gasteiger partial charge in [-0.2, -0.15) is 5.10 Å². The molecule has 1 amide bonds. The first-order valence-electron chi connectivity index (χ1n) is 12.4. The highest BCUT2D eigenvalue weighted by Gasteiger charge is 2.25. The zero-order valence-electron chi connectivity index (χ0n) is 21.2. The Morgan fingerprint density at radius 3 is 2.76 bits per heavy atom. The number of fused-ring (bicyclic) bond motifs is 1. The van der Waals surface area contributed by atoms with Crippen LogP contribution in [0.25, 0.3) is 33.4 Å². The second kappa shape index (κ2) is 10.2. The van der Waals surface area contributed by atoms with E-state index in [-0.39, 0.29) is 29.2 Å². The number of para-hydroxylation sites is 1. The van der Waals surface area contributed by atoms with Gasteiger partial charge in [0.05, 0.1) is 18.4 Å². The number of aromatic nitrogens is 3. The molecule has 2 aromatic carbocycles. The minimum atomic E-state index is -0.487. The van der Waals surface area contributed by atoms with E-state index in [9.17, 15) is 4.79 Å². The second-order valence-electron chi connectivity index (χ2n) is 9.74. The lowest BCUT2D eigenvalue weighted by Gasteiger charge is -2.29. The fraction of sp³-hybridized carbons (Fsp3) is 0.321. The molecule has 2 heterocycles. The topological polar surface area (TPSA) is 109 Å². The van der Waals surface area contributed by atoms with Gasteiger partial charge in [-0.15, -0.1) is 0 Å². The maximum absolute atomic E-state index is 15.6. The zero-order valence-corrected chi connectivity index (χ0v) is 21.2. The lowest BCUT2D eigenvalue weighted by molar-refractivity contribution is 0.0828. The standard InChI is InChI=1S/C28H31FN6O2/c1-35(2)28(36)22-11-16(13-23(29)26(22)32-19-8-6-7-18(30)14-19)17-12-21-25(33-34-27(21)31-15-17)20-9-4-5-10-24(20)37-3/h4-5,9-13,15,18-19,32H,6-8,14,30H2,1-3H3,(H,31,33,34). The number of benzene rings is 2. The zero-order chi connectivity index (χ0) is 26.1. The molecule has 8 nitrogen and oxygen atoms in total. The van der Waals surface area contributed by atoms with Crippen LogP contribution >= 0.6 is 0 Å². The van der Waals surface area contributed by atoms with E-state index in [0.717, 1.165) is 36.6 Å². The highest BCUT2D eigenvalue weighted by atomic mass is 19.1. The normalized spacial score (nSPS) is 17.5. The molecule has 0 bridgehead atoms. The van der Waals surface area contributed by atoms with Crippen molar-refractivity contribution in [1.82, 2.24) is 20.1 Å². The van der Waals surface area contributed by atoms with Gasteiger partial charge in [0.15, 0.2) is 5.65 Å². The molecular weight excluding hydrogens is 471 g/mol. The van der Waals surface area contributed by atoms with Crippen LogP contribution in [0.1, 0.15) is 36.0 Å². The second-order valence-corrected chi connectivity index (χ2v) is 9.74. The molecule has 0 aliphatic heterocycles. The van der Waals surface area contributed by atoms with Crippen LogP contribution in [-0.4, -0.2) is 59.3 Å². The fourth-order valence-electron chi connectivity index (χ4n) is 5.00. The lowest BCUT2D eigenvalue weighted by Crippen LogP contribution is -2.35. The van der Waals surface area contributed by atoms with Crippen LogP contribution in [0.2, 0.25) is 0 Å². The molecule has 1 aliphatic carbocycles. The number of ether oxygens (including phenoxy) is 1. The number of carbonyl (C=O) groups excluding carboxylic acids is 1. The molecule has 2 unspecified atom stereocenters. The largest absolute Gasteiger partial charge is 0.496 e. The van der Waals surface area contributed by atoms with Crippen LogP contribution in [0.4, 0.5) is 10.1 Å². The van der Waals surface area contributed by atoms with Gasteiger partial charge >= 0.3 is 0 Å². The average Bonchev–Trinajstić information content (AvgIpc) is 3.32. The number of halogens is 1. The molecular formula is C28H31FN6O2. The van der Waals surface area contributed by atoms with Crippen molar-refractivity contribution in [3.8, 4) is 28.1 Å². The van der Waals surface area contributed by atoms with Crippen LogP contribution < -0.4 is 15.8 Å². The maximum Gasteiger partial charge on any atom is 0.255 e. The fourth-order valence-corrected chi connectivity index (χ4v) is 5.00. The third-order valence-electron chi connectivity index (χ3n) is 6.90. The molecule has 1 aliphatic rings. The number of nitrogens with two attached hydrogens (primary N) is 1. The monoisotopic (exact) mass is 502 g/mol. The van der Waals surface area contributed by atoms with E-state index in [4.69, 9.17) is 10.5 Å². The van der Waals surface area contributed by atoms with E-state index >= 15 is 4.39 Å². The number of pyridine rings is 1. The maximum atomic E-state index is 15.6. The van der Waals surface area contributed by atoms with Gasteiger partial charge in [0.2, 0.25) is 0 Å². The molecule has 1 fully saturated rings. The predicted octanol–water partition coefficient (Wildman–Crippen LogP) is 4.82. The molecule has 37 heavy (non-hydrogen) atoms. The summed E-state index contributed by atoms with van der Waals surface area (Å²) >= 11 is 0. The third kappa shape index (κ3) is 4.86. The van der Waals surface area contributed by atoms with Crippen molar-refractivity contribution in [3.05, 3.63) is 60.0 Å². The van der Waals surface area contributed by atoms with Crippen LogP contribution in [0.3, 0.4) is 0 Å². The summed E-state index contributed by atoms with van der Waals surface area (Å²) in [5, 5.41) is 11.5. The van der Waals surface area contributed by atoms with Crippen molar-refractivity contribution in [2.75, 3.05) is 26.5 Å². The van der Waals surface area contributed by atoms with Crippen molar-refractivity contribution in [2.24, 2.45) is 5.73 Å². The number of carbonyl (C=O) groups is 1. The number of nitrogens with one attached hydrogen (secondary N) is 2. The lowest BCUT2D eigenvalue weighted by atomic mass is 9.91. The van der Waals surface area contributed by atoms with E-state index in [1.165, 1.54) is 11.0 Å². The summed E-state index contributed by atoms with van der Waals surface area (Å²) in [6.45, 7) is 0. The Balaban J connectivity index is 1.59. The average molecular weight is 503 g/mol. The number of amides is 1. The van der Waals surface area contributed by atoms with Gasteiger partial charge in [-0.25, -0.2) is 9.37 Å². The summed E-state index contributed by atoms with van der Waals surface area (Å²) in [5.74, 6) is -0.0847. The van der Waals surface area contributed by atoms with Crippen LogP contribution in [0, 0.1) is 5.82 Å². The van der Waals surface area contributed by atoms with Gasteiger partial charge in [0, 0.05) is 48.9 Å². The van der Waals surface area contributed by atoms with Crippen molar-refractivity contribution in [3.63, 3.8) is 0 Å². The van der Waals surface area contributed by atoms with Crippen LogP contribution in [0.5, 0.6) is 5.75 Å². The van der Waals surface area contributed by atoms with E-state index in [2.05, 4.69) is 20.5 Å². The van der Waals surface area contributed by atoms with Gasteiger partial charge < -0.3 is 20.7 Å². The number of methoxy groups -OCH3 is 1. The molecule has 5 rings (SSSR count). The summed E-state index contributed by atoms with van der Waals surface area (Å²) in [4.78, 5) is 19.1. The molecule has 0 radical (unpaired) electrons. The molecule has 9 heteroatoms. The van der Waals surface area contributed by atoms with Gasteiger partial charge in [-0.1, -0.05) is 12.1 Å². The van der Waals surface area contributed by atoms with Gasteiger partial charge in [0.1, 0.15) is 17.3 Å². The highest BCUT2D eigenvalue weighted by molar-refractivity contribution is 6.01. The Morgan fingerprint density at radius 1 is 1.19 bits per heavy atom. The summed E-state index contributed by atoms with van der Waals surface area (Å²) in [6, 6.07) is 12.8. The Bertz CT molecular complexity index is 1450. The summed E-state index contributed by atoms with van der Waals surface area (Å²) in [5.41, 5.74) is 9.94. The molecule has 0 saturated heterocycles. The van der Waals surface area contributed by atoms with E-state index in [0.29, 0.717) is 28.2 Å². The molecule has 2 atom stereocenters.